The molecule has 100 valence electrons. The number of nitrogens with zero attached hydrogens (tertiary/aromatic N) is 1. The van der Waals surface area contributed by atoms with Crippen molar-refractivity contribution in [2.24, 2.45) is 0 Å². The van der Waals surface area contributed by atoms with Crippen molar-refractivity contribution < 1.29 is 4.79 Å². The Morgan fingerprint density at radius 2 is 1.82 bits per heavy atom. The number of likely N-dealkylation sites (N-methyl/N-ethyl adjacent to an activating group) is 1. The van der Waals surface area contributed by atoms with Crippen molar-refractivity contribution in [3.63, 3.8) is 0 Å². The van der Waals surface area contributed by atoms with Gasteiger partial charge in [0.1, 0.15) is 0 Å². The zero-order valence-electron chi connectivity index (χ0n) is 11.7. The van der Waals surface area contributed by atoms with E-state index in [2.05, 4.69) is 29.6 Å². The summed E-state index contributed by atoms with van der Waals surface area (Å²) in [5, 5.41) is 5.88. The van der Waals surface area contributed by atoms with Crippen LogP contribution in [0.4, 0.5) is 4.79 Å². The molecule has 0 unspecified atom stereocenters. The maximum absolute atomic E-state index is 11.6. The first-order valence-corrected chi connectivity index (χ1v) is 6.68. The van der Waals surface area contributed by atoms with Gasteiger partial charge in [-0.2, -0.15) is 0 Å². The first-order valence-electron chi connectivity index (χ1n) is 6.68. The van der Waals surface area contributed by atoms with E-state index >= 15 is 0 Å². The second-order valence-electron chi connectivity index (χ2n) is 5.66. The lowest BCUT2D eigenvalue weighted by Gasteiger charge is -2.43. The van der Waals surface area contributed by atoms with E-state index < -0.39 is 0 Å². The van der Waals surface area contributed by atoms with Gasteiger partial charge in [0, 0.05) is 18.1 Å². The van der Waals surface area contributed by atoms with E-state index in [-0.39, 0.29) is 17.6 Å². The van der Waals surface area contributed by atoms with Crippen molar-refractivity contribution in [3.05, 3.63) is 0 Å². The van der Waals surface area contributed by atoms with Crippen molar-refractivity contribution in [1.29, 1.82) is 0 Å². The van der Waals surface area contributed by atoms with Crippen LogP contribution in [0.3, 0.4) is 0 Å². The number of nitrogens with one attached hydrogen (secondary N) is 2. The average molecular weight is 241 g/mol. The molecule has 2 amide bonds. The lowest BCUT2D eigenvalue weighted by atomic mass is 9.80. The predicted molar refractivity (Wildman–Crippen MR) is 71.2 cm³/mol. The highest BCUT2D eigenvalue weighted by molar-refractivity contribution is 5.74. The SMILES string of the molecule is CC(C)NC(=O)NCC1(N(C)C)CCCCC1. The predicted octanol–water partition coefficient (Wildman–Crippen LogP) is 1.96. The third kappa shape index (κ3) is 4.19. The summed E-state index contributed by atoms with van der Waals surface area (Å²) >= 11 is 0. The Kier molecular flexibility index (Phi) is 5.25. The smallest absolute Gasteiger partial charge is 0.315 e. The molecule has 4 nitrogen and oxygen atoms in total. The van der Waals surface area contributed by atoms with Crippen LogP contribution in [0.25, 0.3) is 0 Å². The molecular weight excluding hydrogens is 214 g/mol. The van der Waals surface area contributed by atoms with E-state index in [1.807, 2.05) is 13.8 Å². The lowest BCUT2D eigenvalue weighted by molar-refractivity contribution is 0.101. The van der Waals surface area contributed by atoms with Gasteiger partial charge in [0.25, 0.3) is 0 Å². The van der Waals surface area contributed by atoms with Crippen LogP contribution in [-0.4, -0.2) is 43.2 Å². The van der Waals surface area contributed by atoms with Crippen molar-refractivity contribution in [1.82, 2.24) is 15.5 Å². The molecule has 0 saturated heterocycles. The van der Waals surface area contributed by atoms with Crippen molar-refractivity contribution >= 4 is 6.03 Å². The van der Waals surface area contributed by atoms with Crippen LogP contribution in [0.2, 0.25) is 0 Å². The quantitative estimate of drug-likeness (QED) is 0.790. The molecule has 2 N–H and O–H groups in total. The second-order valence-corrected chi connectivity index (χ2v) is 5.66. The largest absolute Gasteiger partial charge is 0.336 e. The van der Waals surface area contributed by atoms with Gasteiger partial charge in [-0.3, -0.25) is 0 Å². The van der Waals surface area contributed by atoms with E-state index in [1.54, 1.807) is 0 Å². The van der Waals surface area contributed by atoms with Crippen molar-refractivity contribution in [3.8, 4) is 0 Å². The van der Waals surface area contributed by atoms with Crippen LogP contribution in [0, 0.1) is 0 Å². The maximum Gasteiger partial charge on any atom is 0.315 e. The zero-order chi connectivity index (χ0) is 12.9. The molecule has 4 heteroatoms. The number of carbonyl (C=O) groups is 1. The fourth-order valence-corrected chi connectivity index (χ4v) is 2.55. The molecule has 0 radical (unpaired) electrons. The summed E-state index contributed by atoms with van der Waals surface area (Å²) in [6.07, 6.45) is 6.23. The highest BCUT2D eigenvalue weighted by Crippen LogP contribution is 2.31. The van der Waals surface area contributed by atoms with Crippen LogP contribution in [-0.2, 0) is 0 Å². The summed E-state index contributed by atoms with van der Waals surface area (Å²) in [7, 11) is 4.24. The van der Waals surface area contributed by atoms with Gasteiger partial charge in [-0.05, 0) is 40.8 Å². The van der Waals surface area contributed by atoms with Crippen LogP contribution in [0.1, 0.15) is 46.0 Å². The van der Waals surface area contributed by atoms with E-state index in [4.69, 9.17) is 0 Å². The van der Waals surface area contributed by atoms with E-state index in [0.29, 0.717) is 0 Å². The Balaban J connectivity index is 2.47. The molecule has 0 bridgehead atoms. The Hall–Kier alpha value is -0.770. The van der Waals surface area contributed by atoms with E-state index in [9.17, 15) is 4.79 Å². The Bertz CT molecular complexity index is 245. The highest BCUT2D eigenvalue weighted by atomic mass is 16.2. The molecule has 0 aromatic carbocycles. The molecule has 0 spiro atoms. The number of hydrogen-bond acceptors (Lipinski definition) is 2. The van der Waals surface area contributed by atoms with Crippen LogP contribution in [0.5, 0.6) is 0 Å². The number of amides is 2. The minimum atomic E-state index is -0.0493. The summed E-state index contributed by atoms with van der Waals surface area (Å²) in [5.41, 5.74) is 0.159. The Labute approximate surface area is 105 Å². The molecule has 17 heavy (non-hydrogen) atoms. The normalized spacial score (nSPS) is 19.4. The summed E-state index contributed by atoms with van der Waals surface area (Å²) in [6, 6.07) is 0.142. The van der Waals surface area contributed by atoms with Gasteiger partial charge in [-0.25, -0.2) is 4.79 Å². The minimum absolute atomic E-state index is 0.0493. The fraction of sp³-hybridized carbons (Fsp3) is 0.923. The third-order valence-corrected chi connectivity index (χ3v) is 3.73. The van der Waals surface area contributed by atoms with Crippen LogP contribution >= 0.6 is 0 Å². The Morgan fingerprint density at radius 3 is 2.29 bits per heavy atom. The highest BCUT2D eigenvalue weighted by Gasteiger charge is 2.34. The Morgan fingerprint density at radius 1 is 1.24 bits per heavy atom. The molecule has 1 rings (SSSR count). The summed E-state index contributed by atoms with van der Waals surface area (Å²) in [5.74, 6) is 0. The summed E-state index contributed by atoms with van der Waals surface area (Å²) in [6.45, 7) is 4.70. The molecule has 0 heterocycles. The van der Waals surface area contributed by atoms with Crippen molar-refractivity contribution in [2.75, 3.05) is 20.6 Å². The lowest BCUT2D eigenvalue weighted by Crippen LogP contribution is -2.55. The van der Waals surface area contributed by atoms with Crippen LogP contribution in [0.15, 0.2) is 0 Å². The van der Waals surface area contributed by atoms with Gasteiger partial charge in [0.05, 0.1) is 0 Å². The number of rotatable bonds is 4. The summed E-state index contributed by atoms with van der Waals surface area (Å²) < 4.78 is 0. The molecular formula is C13H27N3O. The van der Waals surface area contributed by atoms with E-state index in [0.717, 1.165) is 6.54 Å². The number of carbonyl (C=O) groups excluding carboxylic acids is 1. The maximum atomic E-state index is 11.6. The first-order chi connectivity index (χ1) is 7.96. The van der Waals surface area contributed by atoms with Gasteiger partial charge < -0.3 is 15.5 Å². The molecule has 1 saturated carbocycles. The summed E-state index contributed by atoms with van der Waals surface area (Å²) in [4.78, 5) is 13.9. The fourth-order valence-electron chi connectivity index (χ4n) is 2.55. The molecule has 0 aromatic rings. The van der Waals surface area contributed by atoms with E-state index in [1.165, 1.54) is 32.1 Å². The average Bonchev–Trinajstić information content (AvgIpc) is 2.26. The first kappa shape index (κ1) is 14.3. The standard InChI is InChI=1S/C13H27N3O/c1-11(2)15-12(17)14-10-13(16(3)4)8-6-5-7-9-13/h11H,5-10H2,1-4H3,(H2,14,15,17). The van der Waals surface area contributed by atoms with Gasteiger partial charge in [-0.15, -0.1) is 0 Å². The van der Waals surface area contributed by atoms with Gasteiger partial charge >= 0.3 is 6.03 Å². The molecule has 0 aliphatic heterocycles. The van der Waals surface area contributed by atoms with Crippen molar-refractivity contribution in [2.45, 2.75) is 57.5 Å². The van der Waals surface area contributed by atoms with Crippen LogP contribution < -0.4 is 10.6 Å². The monoisotopic (exact) mass is 241 g/mol. The molecule has 1 aliphatic carbocycles. The van der Waals surface area contributed by atoms with Gasteiger partial charge in [-0.1, -0.05) is 19.3 Å². The number of urea groups is 1. The zero-order valence-corrected chi connectivity index (χ0v) is 11.7. The number of hydrogen-bond donors (Lipinski definition) is 2. The second kappa shape index (κ2) is 6.24. The molecule has 0 atom stereocenters. The van der Waals surface area contributed by atoms with Gasteiger partial charge in [0.15, 0.2) is 0 Å². The molecule has 0 aromatic heterocycles. The van der Waals surface area contributed by atoms with Gasteiger partial charge in [0.2, 0.25) is 0 Å². The minimum Gasteiger partial charge on any atom is -0.336 e. The molecule has 1 fully saturated rings. The third-order valence-electron chi connectivity index (χ3n) is 3.73. The topological polar surface area (TPSA) is 44.4 Å². The molecule has 1 aliphatic rings.